The van der Waals surface area contributed by atoms with Crippen LogP contribution < -0.4 is 4.74 Å². The summed E-state index contributed by atoms with van der Waals surface area (Å²) in [5.74, 6) is 0.956. The zero-order chi connectivity index (χ0) is 10.6. The molecule has 0 aliphatic heterocycles. The minimum Gasteiger partial charge on any atom is -0.488 e. The van der Waals surface area contributed by atoms with Gasteiger partial charge < -0.3 is 4.74 Å². The van der Waals surface area contributed by atoms with Crippen molar-refractivity contribution in [3.63, 3.8) is 0 Å². The molecule has 0 N–H and O–H groups in total. The van der Waals surface area contributed by atoms with Crippen LogP contribution in [0, 0.1) is 0 Å². The van der Waals surface area contributed by atoms with E-state index in [1.807, 2.05) is 0 Å². The van der Waals surface area contributed by atoms with Crippen molar-refractivity contribution in [1.82, 2.24) is 0 Å². The van der Waals surface area contributed by atoms with E-state index in [2.05, 4.69) is 52.0 Å². The van der Waals surface area contributed by atoms with Crippen LogP contribution in [-0.4, -0.2) is 5.60 Å². The normalized spacial score (nSPS) is 11.4. The van der Waals surface area contributed by atoms with E-state index < -0.39 is 0 Å². The van der Waals surface area contributed by atoms with Crippen molar-refractivity contribution in [2.24, 2.45) is 0 Å². The summed E-state index contributed by atoms with van der Waals surface area (Å²) in [7, 11) is 0. The summed E-state index contributed by atoms with van der Waals surface area (Å²) in [6, 6.07) is 8.39. The minimum absolute atomic E-state index is 0.105. The maximum Gasteiger partial charge on any atom is 0.120 e. The van der Waals surface area contributed by atoms with Crippen molar-refractivity contribution in [2.75, 3.05) is 0 Å². The van der Waals surface area contributed by atoms with E-state index in [1.165, 1.54) is 12.0 Å². The van der Waals surface area contributed by atoms with E-state index in [0.717, 1.165) is 12.2 Å². The zero-order valence-electron chi connectivity index (χ0n) is 9.63. The molecule has 1 aromatic carbocycles. The van der Waals surface area contributed by atoms with Crippen LogP contribution in [0.25, 0.3) is 0 Å². The van der Waals surface area contributed by atoms with E-state index in [4.69, 9.17) is 4.74 Å². The molecule has 0 amide bonds. The molecule has 0 fully saturated rings. The molecular formula is C13H20O. The van der Waals surface area contributed by atoms with Crippen LogP contribution in [-0.2, 0) is 6.42 Å². The van der Waals surface area contributed by atoms with Crippen LogP contribution >= 0.6 is 0 Å². The fourth-order valence-corrected chi connectivity index (χ4v) is 1.37. The molecule has 0 spiro atoms. The van der Waals surface area contributed by atoms with Crippen molar-refractivity contribution in [3.05, 3.63) is 29.8 Å². The molecule has 0 saturated carbocycles. The Morgan fingerprint density at radius 2 is 1.64 bits per heavy atom. The largest absolute Gasteiger partial charge is 0.488 e. The molecule has 1 aromatic rings. The fraction of sp³-hybridized carbons (Fsp3) is 0.538. The van der Waals surface area contributed by atoms with Gasteiger partial charge in [-0.05, 0) is 44.9 Å². The summed E-state index contributed by atoms with van der Waals surface area (Å²) in [5, 5.41) is 0. The predicted octanol–water partition coefficient (Wildman–Crippen LogP) is 3.82. The molecule has 1 heteroatoms. The Balaban J connectivity index is 2.64. The van der Waals surface area contributed by atoms with Crippen molar-refractivity contribution >= 4 is 0 Å². The molecule has 0 heterocycles. The molecule has 0 bridgehead atoms. The second kappa shape index (κ2) is 4.50. The molecule has 0 unspecified atom stereocenters. The zero-order valence-corrected chi connectivity index (χ0v) is 9.63. The number of hydrogen-bond acceptors (Lipinski definition) is 1. The average molecular weight is 192 g/mol. The molecule has 0 aromatic heterocycles. The van der Waals surface area contributed by atoms with Gasteiger partial charge >= 0.3 is 0 Å². The number of aryl methyl sites for hydroxylation is 1. The van der Waals surface area contributed by atoms with Crippen LogP contribution in [0.15, 0.2) is 24.3 Å². The third kappa shape index (κ3) is 3.82. The first-order valence-corrected chi connectivity index (χ1v) is 5.29. The lowest BCUT2D eigenvalue weighted by atomic mass is 10.1. The van der Waals surface area contributed by atoms with Gasteiger partial charge in [-0.15, -0.1) is 0 Å². The Kier molecular flexibility index (Phi) is 3.56. The lowest BCUT2D eigenvalue weighted by Gasteiger charge is -2.21. The van der Waals surface area contributed by atoms with Gasteiger partial charge in [-0.25, -0.2) is 0 Å². The topological polar surface area (TPSA) is 9.23 Å². The Morgan fingerprint density at radius 3 is 2.07 bits per heavy atom. The van der Waals surface area contributed by atoms with E-state index >= 15 is 0 Å². The molecule has 78 valence electrons. The molecule has 1 rings (SSSR count). The second-order valence-electron chi connectivity index (χ2n) is 4.61. The van der Waals surface area contributed by atoms with Crippen molar-refractivity contribution < 1.29 is 4.74 Å². The average Bonchev–Trinajstić information content (AvgIpc) is 2.06. The number of benzene rings is 1. The quantitative estimate of drug-likeness (QED) is 0.707. The van der Waals surface area contributed by atoms with Gasteiger partial charge in [0.25, 0.3) is 0 Å². The lowest BCUT2D eigenvalue weighted by Crippen LogP contribution is -2.22. The van der Waals surface area contributed by atoms with Crippen LogP contribution in [0.5, 0.6) is 5.75 Å². The first-order chi connectivity index (χ1) is 6.51. The van der Waals surface area contributed by atoms with Crippen LogP contribution in [0.1, 0.15) is 39.7 Å². The highest BCUT2D eigenvalue weighted by Crippen LogP contribution is 2.18. The van der Waals surface area contributed by atoms with Gasteiger partial charge in [0.15, 0.2) is 0 Å². The van der Waals surface area contributed by atoms with Gasteiger partial charge in [0.05, 0.1) is 0 Å². The van der Waals surface area contributed by atoms with E-state index in [9.17, 15) is 0 Å². The van der Waals surface area contributed by atoms with Crippen LogP contribution in [0.3, 0.4) is 0 Å². The fourth-order valence-electron chi connectivity index (χ4n) is 1.37. The first-order valence-electron chi connectivity index (χ1n) is 5.29. The van der Waals surface area contributed by atoms with Gasteiger partial charge in [-0.2, -0.15) is 0 Å². The molecule has 0 radical (unpaired) electrons. The third-order valence-electron chi connectivity index (χ3n) is 1.89. The number of rotatable bonds is 3. The Bertz CT molecular complexity index is 266. The maximum atomic E-state index is 5.73. The van der Waals surface area contributed by atoms with E-state index in [-0.39, 0.29) is 5.60 Å². The smallest absolute Gasteiger partial charge is 0.120 e. The summed E-state index contributed by atoms with van der Waals surface area (Å²) in [6.07, 6.45) is 2.34. The summed E-state index contributed by atoms with van der Waals surface area (Å²) >= 11 is 0. The molecule has 14 heavy (non-hydrogen) atoms. The highest BCUT2D eigenvalue weighted by Gasteiger charge is 2.10. The molecule has 0 aliphatic rings. The van der Waals surface area contributed by atoms with Gasteiger partial charge in [-0.1, -0.05) is 25.5 Å². The Morgan fingerprint density at radius 1 is 1.07 bits per heavy atom. The third-order valence-corrected chi connectivity index (χ3v) is 1.89. The molecule has 1 nitrogen and oxygen atoms in total. The van der Waals surface area contributed by atoms with Gasteiger partial charge in [0.1, 0.15) is 11.4 Å². The van der Waals surface area contributed by atoms with Gasteiger partial charge in [-0.3, -0.25) is 0 Å². The van der Waals surface area contributed by atoms with Crippen molar-refractivity contribution in [1.29, 1.82) is 0 Å². The van der Waals surface area contributed by atoms with Crippen LogP contribution in [0.2, 0.25) is 0 Å². The number of ether oxygens (including phenoxy) is 1. The molecule has 0 aliphatic carbocycles. The number of hydrogen-bond donors (Lipinski definition) is 0. The van der Waals surface area contributed by atoms with Gasteiger partial charge in [0.2, 0.25) is 0 Å². The summed E-state index contributed by atoms with van der Waals surface area (Å²) in [6.45, 7) is 8.38. The monoisotopic (exact) mass is 192 g/mol. The van der Waals surface area contributed by atoms with E-state index in [1.54, 1.807) is 0 Å². The molecular weight excluding hydrogens is 172 g/mol. The van der Waals surface area contributed by atoms with E-state index in [0.29, 0.717) is 0 Å². The summed E-state index contributed by atoms with van der Waals surface area (Å²) < 4.78 is 5.73. The minimum atomic E-state index is -0.105. The highest BCUT2D eigenvalue weighted by atomic mass is 16.5. The molecule has 0 saturated heterocycles. The first kappa shape index (κ1) is 11.1. The Labute approximate surface area is 87.1 Å². The predicted molar refractivity (Wildman–Crippen MR) is 60.8 cm³/mol. The Hall–Kier alpha value is -0.980. The van der Waals surface area contributed by atoms with Crippen molar-refractivity contribution in [3.8, 4) is 5.75 Å². The summed E-state index contributed by atoms with van der Waals surface area (Å²) in [4.78, 5) is 0. The maximum absolute atomic E-state index is 5.73. The van der Waals surface area contributed by atoms with Gasteiger partial charge in [0, 0.05) is 0 Å². The lowest BCUT2D eigenvalue weighted by molar-refractivity contribution is 0.131. The van der Waals surface area contributed by atoms with Crippen LogP contribution in [0.4, 0.5) is 0 Å². The van der Waals surface area contributed by atoms with Crippen molar-refractivity contribution in [2.45, 2.75) is 46.1 Å². The summed E-state index contributed by atoms with van der Waals surface area (Å²) in [5.41, 5.74) is 1.28. The standard InChI is InChI=1S/C13H20O/c1-5-6-11-7-9-12(10-8-11)14-13(2,3)4/h7-10H,5-6H2,1-4H3. The SMILES string of the molecule is CCCc1ccc(OC(C)(C)C)cc1. The highest BCUT2D eigenvalue weighted by molar-refractivity contribution is 5.27. The molecule has 0 atom stereocenters. The second-order valence-corrected chi connectivity index (χ2v) is 4.61.